The molecule has 0 saturated heterocycles. The van der Waals surface area contributed by atoms with Crippen molar-refractivity contribution in [1.82, 2.24) is 16.0 Å². The first-order valence-electron chi connectivity index (χ1n) is 7.13. The van der Waals surface area contributed by atoms with Crippen LogP contribution in [0.4, 0.5) is 0 Å². The van der Waals surface area contributed by atoms with E-state index in [1.165, 1.54) is 0 Å². The number of ether oxygens (including phenoxy) is 1. The number of nitrogens with zero attached hydrogens (tertiary/aromatic N) is 1. The van der Waals surface area contributed by atoms with Crippen LogP contribution in [-0.2, 0) is 9.53 Å². The van der Waals surface area contributed by atoms with E-state index >= 15 is 0 Å². The molecule has 0 saturated carbocycles. The van der Waals surface area contributed by atoms with Gasteiger partial charge in [-0.05, 0) is 40.0 Å². The molecule has 0 radical (unpaired) electrons. The van der Waals surface area contributed by atoms with Gasteiger partial charge in [-0.3, -0.25) is 9.79 Å². The van der Waals surface area contributed by atoms with Gasteiger partial charge in [-0.2, -0.15) is 0 Å². The molecule has 0 aromatic heterocycles. The lowest BCUT2D eigenvalue weighted by Crippen LogP contribution is -2.48. The summed E-state index contributed by atoms with van der Waals surface area (Å²) in [5.41, 5.74) is -0.211. The second-order valence-corrected chi connectivity index (χ2v) is 5.70. The number of aliphatic imine (C=N–C) groups is 1. The van der Waals surface area contributed by atoms with Gasteiger partial charge in [0, 0.05) is 32.8 Å². The number of guanidine groups is 1. The highest BCUT2D eigenvalue weighted by Gasteiger charge is 2.13. The number of hydrogen-bond acceptors (Lipinski definition) is 3. The quantitative estimate of drug-likeness (QED) is 0.244. The van der Waals surface area contributed by atoms with E-state index in [4.69, 9.17) is 4.74 Å². The van der Waals surface area contributed by atoms with Crippen molar-refractivity contribution in [3.63, 3.8) is 0 Å². The average molecular weight is 414 g/mol. The lowest BCUT2D eigenvalue weighted by Gasteiger charge is -2.21. The fourth-order valence-corrected chi connectivity index (χ4v) is 1.60. The van der Waals surface area contributed by atoms with E-state index in [1.807, 2.05) is 20.8 Å². The van der Waals surface area contributed by atoms with Crippen molar-refractivity contribution in [2.75, 3.05) is 33.9 Å². The lowest BCUT2D eigenvalue weighted by atomic mass is 10.1. The Labute approximate surface area is 145 Å². The van der Waals surface area contributed by atoms with Crippen LogP contribution in [0.15, 0.2) is 4.99 Å². The molecular weight excluding hydrogens is 383 g/mol. The molecule has 0 aromatic rings. The molecule has 0 aliphatic carbocycles. The van der Waals surface area contributed by atoms with Crippen molar-refractivity contribution in [2.45, 2.75) is 45.6 Å². The van der Waals surface area contributed by atoms with Crippen LogP contribution in [0.25, 0.3) is 0 Å². The summed E-state index contributed by atoms with van der Waals surface area (Å²) in [6.45, 7) is 7.73. The van der Waals surface area contributed by atoms with Gasteiger partial charge in [-0.1, -0.05) is 0 Å². The van der Waals surface area contributed by atoms with Gasteiger partial charge in [-0.25, -0.2) is 0 Å². The first-order valence-corrected chi connectivity index (χ1v) is 7.13. The van der Waals surface area contributed by atoms with Crippen molar-refractivity contribution in [1.29, 1.82) is 0 Å². The molecule has 126 valence electrons. The number of halogens is 1. The molecule has 0 aromatic carbocycles. The van der Waals surface area contributed by atoms with Gasteiger partial charge in [0.05, 0.1) is 6.54 Å². The molecule has 3 N–H and O–H groups in total. The molecule has 0 fully saturated rings. The van der Waals surface area contributed by atoms with Crippen molar-refractivity contribution >= 4 is 35.8 Å². The molecular formula is C14H31IN4O2. The minimum absolute atomic E-state index is 0. The summed E-state index contributed by atoms with van der Waals surface area (Å²) in [6.07, 6.45) is 3.23. The number of amides is 1. The smallest absolute Gasteiger partial charge is 0.239 e. The Hall–Kier alpha value is -0.570. The minimum Gasteiger partial charge on any atom is -0.385 e. The van der Waals surface area contributed by atoms with Crippen LogP contribution in [0.2, 0.25) is 0 Å². The van der Waals surface area contributed by atoms with Crippen LogP contribution in [0, 0.1) is 0 Å². The predicted molar refractivity (Wildman–Crippen MR) is 98.4 cm³/mol. The second kappa shape index (κ2) is 13.1. The lowest BCUT2D eigenvalue weighted by molar-refractivity contribution is -0.121. The molecule has 0 aliphatic heterocycles. The van der Waals surface area contributed by atoms with Crippen LogP contribution in [0.3, 0.4) is 0 Å². The maximum atomic E-state index is 11.7. The zero-order valence-corrected chi connectivity index (χ0v) is 16.2. The fraction of sp³-hybridized carbons (Fsp3) is 0.857. The molecule has 0 bridgehead atoms. The Morgan fingerprint density at radius 3 is 2.33 bits per heavy atom. The monoisotopic (exact) mass is 414 g/mol. The fourth-order valence-electron chi connectivity index (χ4n) is 1.60. The zero-order chi connectivity index (χ0) is 15.4. The van der Waals surface area contributed by atoms with Gasteiger partial charge >= 0.3 is 0 Å². The standard InChI is InChI=1S/C14H30N4O2.HI/c1-14(2,3)18-12(19)11-17-13(15-4)16-9-7-6-8-10-20-5;/h6-11H2,1-5H3,(H,18,19)(H2,15,16,17);1H. The maximum absolute atomic E-state index is 11.7. The third-order valence-electron chi connectivity index (χ3n) is 2.47. The van der Waals surface area contributed by atoms with Crippen LogP contribution in [-0.4, -0.2) is 51.3 Å². The summed E-state index contributed by atoms with van der Waals surface area (Å²) in [5.74, 6) is 0.612. The van der Waals surface area contributed by atoms with Gasteiger partial charge in [0.2, 0.25) is 5.91 Å². The first kappa shape index (κ1) is 22.7. The molecule has 7 heteroatoms. The molecule has 0 spiro atoms. The highest BCUT2D eigenvalue weighted by atomic mass is 127. The Balaban J connectivity index is 0. The summed E-state index contributed by atoms with van der Waals surface area (Å²) in [5, 5.41) is 9.07. The van der Waals surface area contributed by atoms with Crippen LogP contribution in [0.1, 0.15) is 40.0 Å². The van der Waals surface area contributed by atoms with E-state index in [0.29, 0.717) is 5.96 Å². The summed E-state index contributed by atoms with van der Waals surface area (Å²) in [7, 11) is 3.41. The highest BCUT2D eigenvalue weighted by molar-refractivity contribution is 14.0. The largest absolute Gasteiger partial charge is 0.385 e. The zero-order valence-electron chi connectivity index (χ0n) is 13.9. The summed E-state index contributed by atoms with van der Waals surface area (Å²) in [4.78, 5) is 15.7. The molecule has 0 unspecified atom stereocenters. The Morgan fingerprint density at radius 2 is 1.81 bits per heavy atom. The van der Waals surface area contributed by atoms with Gasteiger partial charge in [0.15, 0.2) is 5.96 Å². The van der Waals surface area contributed by atoms with E-state index in [-0.39, 0.29) is 42.0 Å². The summed E-state index contributed by atoms with van der Waals surface area (Å²) in [6, 6.07) is 0. The first-order chi connectivity index (χ1) is 9.39. The predicted octanol–water partition coefficient (Wildman–Crippen LogP) is 1.50. The number of rotatable bonds is 8. The van der Waals surface area contributed by atoms with Gasteiger partial charge in [0.25, 0.3) is 0 Å². The topological polar surface area (TPSA) is 74.8 Å². The number of carbonyl (C=O) groups is 1. The third-order valence-corrected chi connectivity index (χ3v) is 2.47. The Bertz CT molecular complexity index is 304. The molecule has 0 aliphatic rings. The molecule has 6 nitrogen and oxygen atoms in total. The highest BCUT2D eigenvalue weighted by Crippen LogP contribution is 1.97. The van der Waals surface area contributed by atoms with Crippen molar-refractivity contribution < 1.29 is 9.53 Å². The van der Waals surface area contributed by atoms with E-state index in [1.54, 1.807) is 14.2 Å². The number of hydrogen-bond donors (Lipinski definition) is 3. The van der Waals surface area contributed by atoms with Gasteiger partial charge in [-0.15, -0.1) is 24.0 Å². The van der Waals surface area contributed by atoms with E-state index in [2.05, 4.69) is 20.9 Å². The molecule has 0 heterocycles. The number of unbranched alkanes of at least 4 members (excludes halogenated alkanes) is 2. The van der Waals surface area contributed by atoms with Crippen LogP contribution in [0.5, 0.6) is 0 Å². The van der Waals surface area contributed by atoms with Crippen molar-refractivity contribution in [3.05, 3.63) is 0 Å². The Morgan fingerprint density at radius 1 is 1.14 bits per heavy atom. The minimum atomic E-state index is -0.211. The number of methoxy groups -OCH3 is 1. The second-order valence-electron chi connectivity index (χ2n) is 5.70. The third kappa shape index (κ3) is 15.6. The average Bonchev–Trinajstić information content (AvgIpc) is 2.35. The van der Waals surface area contributed by atoms with Crippen LogP contribution >= 0.6 is 24.0 Å². The van der Waals surface area contributed by atoms with Gasteiger partial charge in [0.1, 0.15) is 0 Å². The summed E-state index contributed by atoms with van der Waals surface area (Å²) < 4.78 is 4.99. The molecule has 21 heavy (non-hydrogen) atoms. The van der Waals surface area contributed by atoms with Crippen molar-refractivity contribution in [3.8, 4) is 0 Å². The summed E-state index contributed by atoms with van der Waals surface area (Å²) >= 11 is 0. The van der Waals surface area contributed by atoms with Crippen LogP contribution < -0.4 is 16.0 Å². The number of carbonyl (C=O) groups excluding carboxylic acids is 1. The molecule has 0 atom stereocenters. The maximum Gasteiger partial charge on any atom is 0.239 e. The SMILES string of the molecule is CN=C(NCCCCCOC)NCC(=O)NC(C)(C)C.I. The van der Waals surface area contributed by atoms with E-state index in [0.717, 1.165) is 32.4 Å². The van der Waals surface area contributed by atoms with E-state index < -0.39 is 0 Å². The van der Waals surface area contributed by atoms with Gasteiger partial charge < -0.3 is 20.7 Å². The Kier molecular flexibility index (Phi) is 14.2. The molecule has 1 amide bonds. The van der Waals surface area contributed by atoms with Crippen molar-refractivity contribution in [2.24, 2.45) is 4.99 Å². The normalized spacial score (nSPS) is 11.6. The van der Waals surface area contributed by atoms with E-state index in [9.17, 15) is 4.79 Å². The number of nitrogens with one attached hydrogen (secondary N) is 3. The molecule has 0 rings (SSSR count).